The average molecular weight is 481 g/mol. The van der Waals surface area contributed by atoms with Gasteiger partial charge in [0.2, 0.25) is 0 Å². The molecule has 6 heteroatoms. The van der Waals surface area contributed by atoms with Gasteiger partial charge in [0.25, 0.3) is 17.7 Å². The number of carbonyl (C=O) groups is 4. The van der Waals surface area contributed by atoms with Crippen LogP contribution < -0.4 is 0 Å². The molecule has 6 nitrogen and oxygen atoms in total. The topological polar surface area (TPSA) is 74.8 Å². The predicted octanol–water partition coefficient (Wildman–Crippen LogP) is 4.83. The van der Waals surface area contributed by atoms with Crippen molar-refractivity contribution < 1.29 is 19.2 Å². The van der Waals surface area contributed by atoms with E-state index in [1.54, 1.807) is 17.0 Å². The van der Waals surface area contributed by atoms with Crippen LogP contribution in [0.15, 0.2) is 66.7 Å². The van der Waals surface area contributed by atoms with Crippen molar-refractivity contribution in [2.45, 2.75) is 33.2 Å². The molecular weight excluding hydrogens is 452 g/mol. The minimum Gasteiger partial charge on any atom is -0.339 e. The van der Waals surface area contributed by atoms with Crippen molar-refractivity contribution in [3.8, 4) is 0 Å². The predicted molar refractivity (Wildman–Crippen MR) is 136 cm³/mol. The molecule has 36 heavy (non-hydrogen) atoms. The number of carbonyl (C=O) groups excluding carboxylic acids is 4. The summed E-state index contributed by atoms with van der Waals surface area (Å²) in [7, 11) is 0. The molecule has 0 saturated carbocycles. The maximum Gasteiger partial charge on any atom is 0.261 e. The molecule has 3 aromatic carbocycles. The number of ketones is 1. The first-order valence-electron chi connectivity index (χ1n) is 12.3. The Balaban J connectivity index is 1.26. The summed E-state index contributed by atoms with van der Waals surface area (Å²) >= 11 is 0. The van der Waals surface area contributed by atoms with Gasteiger partial charge in [0.15, 0.2) is 5.78 Å². The second kappa shape index (κ2) is 9.53. The van der Waals surface area contributed by atoms with Crippen LogP contribution in [0.4, 0.5) is 0 Å². The van der Waals surface area contributed by atoms with E-state index in [0.29, 0.717) is 37.1 Å². The molecule has 3 amide bonds. The summed E-state index contributed by atoms with van der Waals surface area (Å²) in [4.78, 5) is 55.1. The summed E-state index contributed by atoms with van der Waals surface area (Å²) in [5.41, 5.74) is 4.70. The molecule has 3 aromatic rings. The van der Waals surface area contributed by atoms with Crippen LogP contribution in [-0.4, -0.2) is 46.4 Å². The fraction of sp³-hybridized carbons (Fsp3) is 0.267. The first-order valence-corrected chi connectivity index (χ1v) is 12.3. The smallest absolute Gasteiger partial charge is 0.261 e. The van der Waals surface area contributed by atoms with E-state index in [-0.39, 0.29) is 41.5 Å². The highest BCUT2D eigenvalue weighted by Crippen LogP contribution is 2.28. The van der Waals surface area contributed by atoms with Gasteiger partial charge in [-0.2, -0.15) is 0 Å². The lowest BCUT2D eigenvalue weighted by Gasteiger charge is -2.31. The molecule has 2 aliphatic rings. The summed E-state index contributed by atoms with van der Waals surface area (Å²) in [6, 6.07) is 19.9. The van der Waals surface area contributed by atoms with Crippen LogP contribution >= 0.6 is 0 Å². The van der Waals surface area contributed by atoms with Gasteiger partial charge in [-0.1, -0.05) is 54.1 Å². The number of Topliss-reactive ketones (excluding diaryl/α,β-unsaturated/α-hetero) is 1. The lowest BCUT2D eigenvalue weighted by atomic mass is 9.86. The zero-order valence-electron chi connectivity index (χ0n) is 20.5. The van der Waals surface area contributed by atoms with Crippen LogP contribution in [0.3, 0.4) is 0 Å². The molecule has 1 saturated heterocycles. The molecule has 182 valence electrons. The van der Waals surface area contributed by atoms with Gasteiger partial charge in [0, 0.05) is 30.1 Å². The van der Waals surface area contributed by atoms with E-state index in [1.807, 2.05) is 62.4 Å². The van der Waals surface area contributed by atoms with E-state index in [9.17, 15) is 19.2 Å². The Bertz CT molecular complexity index is 1370. The Hall–Kier alpha value is -4.06. The third-order valence-electron chi connectivity index (χ3n) is 7.20. The second-order valence-electron chi connectivity index (χ2n) is 9.69. The molecule has 5 rings (SSSR count). The number of hydrogen-bond donors (Lipinski definition) is 0. The highest BCUT2D eigenvalue weighted by Gasteiger charge is 2.36. The van der Waals surface area contributed by atoms with Gasteiger partial charge in [-0.15, -0.1) is 0 Å². The van der Waals surface area contributed by atoms with E-state index in [2.05, 4.69) is 0 Å². The molecule has 2 heterocycles. The van der Waals surface area contributed by atoms with Gasteiger partial charge in [0.05, 0.1) is 17.7 Å². The van der Waals surface area contributed by atoms with Crippen molar-refractivity contribution in [2.24, 2.45) is 5.92 Å². The summed E-state index contributed by atoms with van der Waals surface area (Å²) in [5.74, 6) is -0.882. The quantitative estimate of drug-likeness (QED) is 0.387. The normalized spacial score (nSPS) is 15.8. The summed E-state index contributed by atoms with van der Waals surface area (Å²) in [6.45, 7) is 5.11. The number of imide groups is 1. The highest BCUT2D eigenvalue weighted by atomic mass is 16.2. The van der Waals surface area contributed by atoms with Crippen molar-refractivity contribution in [1.29, 1.82) is 0 Å². The Morgan fingerprint density at radius 1 is 0.833 bits per heavy atom. The number of hydrogen-bond acceptors (Lipinski definition) is 4. The number of amides is 3. The number of likely N-dealkylation sites (tertiary alicyclic amines) is 1. The maximum absolute atomic E-state index is 13.2. The lowest BCUT2D eigenvalue weighted by Crippen LogP contribution is -2.40. The number of benzene rings is 3. The average Bonchev–Trinajstić information content (AvgIpc) is 3.13. The number of nitrogens with zero attached hydrogens (tertiary/aromatic N) is 2. The minimum atomic E-state index is -0.383. The van der Waals surface area contributed by atoms with Crippen LogP contribution in [0.5, 0.6) is 0 Å². The van der Waals surface area contributed by atoms with Crippen molar-refractivity contribution >= 4 is 23.5 Å². The van der Waals surface area contributed by atoms with Crippen molar-refractivity contribution in [1.82, 2.24) is 9.80 Å². The molecule has 0 aliphatic carbocycles. The minimum absolute atomic E-state index is 0.110. The lowest BCUT2D eigenvalue weighted by molar-refractivity contribution is 0.0641. The molecular formula is C30H28N2O4. The van der Waals surface area contributed by atoms with Gasteiger partial charge < -0.3 is 4.90 Å². The van der Waals surface area contributed by atoms with Gasteiger partial charge in [-0.3, -0.25) is 24.1 Å². The third-order valence-corrected chi connectivity index (χ3v) is 7.20. The van der Waals surface area contributed by atoms with Crippen molar-refractivity contribution in [2.75, 3.05) is 13.1 Å². The number of piperidine rings is 1. The van der Waals surface area contributed by atoms with Crippen LogP contribution in [-0.2, 0) is 6.54 Å². The fourth-order valence-electron chi connectivity index (χ4n) is 5.17. The standard InChI is InChI=1S/C30H28N2O4/c1-19-8-10-24(20(2)16-19)27(33)22-12-14-31(15-13-22)28(34)23-9-11-25-26(17-23)30(36)32(29(25)35)18-21-6-4-3-5-7-21/h3-11,16-17,22H,12-15,18H2,1-2H3. The first-order chi connectivity index (χ1) is 17.3. The Labute approximate surface area is 210 Å². The van der Waals surface area contributed by atoms with E-state index in [4.69, 9.17) is 0 Å². The molecule has 0 N–H and O–H groups in total. The molecule has 1 fully saturated rings. The van der Waals surface area contributed by atoms with Crippen LogP contribution in [0.1, 0.15) is 71.0 Å². The Kier molecular flexibility index (Phi) is 6.27. The largest absolute Gasteiger partial charge is 0.339 e. The summed E-state index contributed by atoms with van der Waals surface area (Å²) in [5, 5.41) is 0. The van der Waals surface area contributed by atoms with Gasteiger partial charge in [-0.25, -0.2) is 0 Å². The molecule has 0 unspecified atom stereocenters. The van der Waals surface area contributed by atoms with Crippen LogP contribution in [0.2, 0.25) is 0 Å². The molecule has 0 bridgehead atoms. The molecule has 0 radical (unpaired) electrons. The summed E-state index contributed by atoms with van der Waals surface area (Å²) < 4.78 is 0. The molecule has 0 spiro atoms. The Morgan fingerprint density at radius 3 is 2.22 bits per heavy atom. The Morgan fingerprint density at radius 2 is 1.53 bits per heavy atom. The molecule has 2 aliphatic heterocycles. The SMILES string of the molecule is Cc1ccc(C(=O)C2CCN(C(=O)c3ccc4c(c3)C(=O)N(Cc3ccccc3)C4=O)CC2)c(C)c1. The third kappa shape index (κ3) is 4.35. The van der Waals surface area contributed by atoms with Crippen LogP contribution in [0.25, 0.3) is 0 Å². The van der Waals surface area contributed by atoms with Crippen molar-refractivity contribution in [3.63, 3.8) is 0 Å². The zero-order valence-corrected chi connectivity index (χ0v) is 20.5. The number of fused-ring (bicyclic) bond motifs is 1. The monoisotopic (exact) mass is 480 g/mol. The van der Waals surface area contributed by atoms with Gasteiger partial charge in [-0.05, 0) is 56.0 Å². The van der Waals surface area contributed by atoms with E-state index >= 15 is 0 Å². The molecule has 0 atom stereocenters. The van der Waals surface area contributed by atoms with Crippen molar-refractivity contribution in [3.05, 3.63) is 106 Å². The van der Waals surface area contributed by atoms with E-state index in [0.717, 1.165) is 22.3 Å². The number of rotatable bonds is 5. The van der Waals surface area contributed by atoms with E-state index < -0.39 is 0 Å². The van der Waals surface area contributed by atoms with Gasteiger partial charge >= 0.3 is 0 Å². The molecule has 0 aromatic heterocycles. The highest BCUT2D eigenvalue weighted by molar-refractivity contribution is 6.22. The number of aryl methyl sites for hydroxylation is 2. The zero-order chi connectivity index (χ0) is 25.4. The maximum atomic E-state index is 13.2. The summed E-state index contributed by atoms with van der Waals surface area (Å²) in [6.07, 6.45) is 1.20. The van der Waals surface area contributed by atoms with E-state index in [1.165, 1.54) is 11.0 Å². The first kappa shape index (κ1) is 23.7. The second-order valence-corrected chi connectivity index (χ2v) is 9.69. The fourth-order valence-corrected chi connectivity index (χ4v) is 5.17. The van der Waals surface area contributed by atoms with Gasteiger partial charge in [0.1, 0.15) is 0 Å². The van der Waals surface area contributed by atoms with Crippen LogP contribution in [0, 0.1) is 19.8 Å².